The lowest BCUT2D eigenvalue weighted by Gasteiger charge is -2.05. The van der Waals surface area contributed by atoms with Crippen molar-refractivity contribution in [2.45, 2.75) is 6.92 Å². The summed E-state index contributed by atoms with van der Waals surface area (Å²) in [5, 5.41) is 9.42. The van der Waals surface area contributed by atoms with Gasteiger partial charge in [0.25, 0.3) is 0 Å². The average molecular weight is 180 g/mol. The highest BCUT2D eigenvalue weighted by Crippen LogP contribution is 2.27. The highest BCUT2D eigenvalue weighted by atomic mass is 19.1. The fourth-order valence-electron chi connectivity index (χ4n) is 1.04. The molecule has 0 aliphatic carbocycles. The molecule has 0 unspecified atom stereocenters. The van der Waals surface area contributed by atoms with Crippen molar-refractivity contribution in [3.05, 3.63) is 35.7 Å². The molecule has 0 atom stereocenters. The van der Waals surface area contributed by atoms with Crippen LogP contribution in [0.25, 0.3) is 5.57 Å². The highest BCUT2D eigenvalue weighted by Gasteiger charge is 2.09. The van der Waals surface area contributed by atoms with Crippen molar-refractivity contribution in [2.75, 3.05) is 0 Å². The molecule has 0 aliphatic heterocycles. The third-order valence-corrected chi connectivity index (χ3v) is 1.69. The number of phenolic OH excluding ortho intramolecular Hbond substituents is 1. The average Bonchev–Trinajstić information content (AvgIpc) is 2.08. The number of phenols is 1. The van der Waals surface area contributed by atoms with E-state index in [2.05, 4.69) is 6.58 Å². The van der Waals surface area contributed by atoms with Crippen LogP contribution in [0, 0.1) is 5.82 Å². The van der Waals surface area contributed by atoms with Crippen LogP contribution in [0.15, 0.2) is 18.7 Å². The molecule has 0 fully saturated rings. The zero-order valence-electron chi connectivity index (χ0n) is 7.17. The predicted molar refractivity (Wildman–Crippen MR) is 48.2 cm³/mol. The molecule has 13 heavy (non-hydrogen) atoms. The topological polar surface area (TPSA) is 37.3 Å². The molecule has 0 saturated heterocycles. The Hall–Kier alpha value is -1.64. The number of halogens is 1. The van der Waals surface area contributed by atoms with Gasteiger partial charge < -0.3 is 5.11 Å². The van der Waals surface area contributed by atoms with E-state index in [0.717, 1.165) is 12.1 Å². The van der Waals surface area contributed by atoms with Gasteiger partial charge in [-0.2, -0.15) is 0 Å². The molecule has 0 aliphatic rings. The Morgan fingerprint density at radius 3 is 2.69 bits per heavy atom. The molecule has 1 rings (SSSR count). The van der Waals surface area contributed by atoms with Gasteiger partial charge in [-0.05, 0) is 24.6 Å². The number of benzene rings is 1. The van der Waals surface area contributed by atoms with Crippen LogP contribution in [-0.2, 0) is 0 Å². The Bertz CT molecular complexity index is 369. The Morgan fingerprint density at radius 2 is 2.23 bits per heavy atom. The van der Waals surface area contributed by atoms with Gasteiger partial charge in [0.15, 0.2) is 6.29 Å². The first kappa shape index (κ1) is 9.45. The van der Waals surface area contributed by atoms with Crippen LogP contribution in [0.1, 0.15) is 22.8 Å². The lowest BCUT2D eigenvalue weighted by Crippen LogP contribution is -1.89. The Kier molecular flexibility index (Phi) is 2.46. The normalized spacial score (nSPS) is 9.69. The second kappa shape index (κ2) is 3.39. The Balaban J connectivity index is 3.44. The van der Waals surface area contributed by atoms with Gasteiger partial charge in [-0.1, -0.05) is 6.58 Å². The standard InChI is InChI=1S/C10H9FO2/c1-6(2)9-4-8(11)3-7(5-12)10(9)13/h3-5,13H,1H2,2H3. The summed E-state index contributed by atoms with van der Waals surface area (Å²) in [6, 6.07) is 2.12. The lowest BCUT2D eigenvalue weighted by atomic mass is 10.0. The van der Waals surface area contributed by atoms with Gasteiger partial charge in [0.2, 0.25) is 0 Å². The second-order valence-corrected chi connectivity index (χ2v) is 2.79. The number of hydrogen-bond donors (Lipinski definition) is 1. The summed E-state index contributed by atoms with van der Waals surface area (Å²) in [6.07, 6.45) is 0.408. The fraction of sp³-hybridized carbons (Fsp3) is 0.100. The van der Waals surface area contributed by atoms with Crippen LogP contribution < -0.4 is 0 Å². The number of carbonyl (C=O) groups is 1. The Morgan fingerprint density at radius 1 is 1.62 bits per heavy atom. The minimum absolute atomic E-state index is 0.0574. The first-order valence-electron chi connectivity index (χ1n) is 3.70. The van der Waals surface area contributed by atoms with Gasteiger partial charge in [-0.15, -0.1) is 0 Å². The molecule has 1 aromatic carbocycles. The quantitative estimate of drug-likeness (QED) is 0.709. The first-order valence-corrected chi connectivity index (χ1v) is 3.70. The minimum atomic E-state index is -0.557. The zero-order valence-corrected chi connectivity index (χ0v) is 7.17. The largest absolute Gasteiger partial charge is 0.507 e. The molecule has 0 bridgehead atoms. The van der Waals surface area contributed by atoms with Crippen LogP contribution in [0.2, 0.25) is 0 Å². The summed E-state index contributed by atoms with van der Waals surface area (Å²) in [7, 11) is 0. The van der Waals surface area contributed by atoms with Crippen molar-refractivity contribution in [1.29, 1.82) is 0 Å². The molecule has 68 valence electrons. The minimum Gasteiger partial charge on any atom is -0.507 e. The van der Waals surface area contributed by atoms with Gasteiger partial charge in [0.05, 0.1) is 5.56 Å². The van der Waals surface area contributed by atoms with E-state index in [9.17, 15) is 14.3 Å². The van der Waals surface area contributed by atoms with Crippen molar-refractivity contribution < 1.29 is 14.3 Å². The molecule has 0 aromatic heterocycles. The molecule has 1 N–H and O–H groups in total. The van der Waals surface area contributed by atoms with Crippen LogP contribution in [0.4, 0.5) is 4.39 Å². The van der Waals surface area contributed by atoms with Gasteiger partial charge in [-0.3, -0.25) is 4.79 Å². The zero-order chi connectivity index (χ0) is 10.0. The third kappa shape index (κ3) is 1.75. The van der Waals surface area contributed by atoms with Crippen LogP contribution in [0.3, 0.4) is 0 Å². The predicted octanol–water partition coefficient (Wildman–Crippen LogP) is 2.38. The number of carbonyl (C=O) groups excluding carboxylic acids is 1. The van der Waals surface area contributed by atoms with Crippen LogP contribution >= 0.6 is 0 Å². The molecule has 0 saturated carbocycles. The number of allylic oxidation sites excluding steroid dienone is 1. The van der Waals surface area contributed by atoms with Crippen molar-refractivity contribution in [3.8, 4) is 5.75 Å². The molecule has 3 heteroatoms. The molecule has 0 heterocycles. The molecular weight excluding hydrogens is 171 g/mol. The highest BCUT2D eigenvalue weighted by molar-refractivity contribution is 5.83. The van der Waals surface area contributed by atoms with Gasteiger partial charge in [0.1, 0.15) is 11.6 Å². The summed E-state index contributed by atoms with van der Waals surface area (Å²) in [5.74, 6) is -0.776. The summed E-state index contributed by atoms with van der Waals surface area (Å²) in [6.45, 7) is 5.19. The van der Waals surface area contributed by atoms with E-state index >= 15 is 0 Å². The number of hydrogen-bond acceptors (Lipinski definition) is 2. The number of aldehydes is 1. The van der Waals surface area contributed by atoms with E-state index in [1.165, 1.54) is 0 Å². The van der Waals surface area contributed by atoms with Gasteiger partial charge in [0, 0.05) is 5.56 Å². The first-order chi connectivity index (χ1) is 6.06. The maximum atomic E-state index is 12.8. The van der Waals surface area contributed by atoms with E-state index in [4.69, 9.17) is 0 Å². The summed E-state index contributed by atoms with van der Waals surface area (Å²) in [4.78, 5) is 10.4. The fourth-order valence-corrected chi connectivity index (χ4v) is 1.04. The second-order valence-electron chi connectivity index (χ2n) is 2.79. The van der Waals surface area contributed by atoms with Crippen LogP contribution in [0.5, 0.6) is 5.75 Å². The van der Waals surface area contributed by atoms with E-state index in [0.29, 0.717) is 11.9 Å². The molecule has 0 radical (unpaired) electrons. The van der Waals surface area contributed by atoms with E-state index in [1.54, 1.807) is 6.92 Å². The van der Waals surface area contributed by atoms with Crippen LogP contribution in [-0.4, -0.2) is 11.4 Å². The van der Waals surface area contributed by atoms with Crippen molar-refractivity contribution in [2.24, 2.45) is 0 Å². The molecule has 1 aromatic rings. The van der Waals surface area contributed by atoms with E-state index in [-0.39, 0.29) is 16.9 Å². The van der Waals surface area contributed by atoms with Crippen molar-refractivity contribution in [3.63, 3.8) is 0 Å². The van der Waals surface area contributed by atoms with Crippen molar-refractivity contribution in [1.82, 2.24) is 0 Å². The smallest absolute Gasteiger partial charge is 0.153 e. The van der Waals surface area contributed by atoms with E-state index in [1.807, 2.05) is 0 Å². The maximum Gasteiger partial charge on any atom is 0.153 e. The lowest BCUT2D eigenvalue weighted by molar-refractivity contribution is 0.112. The molecular formula is C10H9FO2. The van der Waals surface area contributed by atoms with Crippen molar-refractivity contribution >= 4 is 11.9 Å². The number of rotatable bonds is 2. The van der Waals surface area contributed by atoms with Gasteiger partial charge >= 0.3 is 0 Å². The van der Waals surface area contributed by atoms with Gasteiger partial charge in [-0.25, -0.2) is 4.39 Å². The maximum absolute atomic E-state index is 12.8. The monoisotopic (exact) mass is 180 g/mol. The summed E-state index contributed by atoms with van der Waals surface area (Å²) in [5.41, 5.74) is 0.722. The Labute approximate surface area is 75.3 Å². The van der Waals surface area contributed by atoms with E-state index < -0.39 is 5.82 Å². The summed E-state index contributed by atoms with van der Waals surface area (Å²) >= 11 is 0. The third-order valence-electron chi connectivity index (χ3n) is 1.69. The summed E-state index contributed by atoms with van der Waals surface area (Å²) < 4.78 is 12.8. The molecule has 2 nitrogen and oxygen atoms in total. The molecule has 0 spiro atoms. The SMILES string of the molecule is C=C(C)c1cc(F)cc(C=O)c1O. The number of aromatic hydroxyl groups is 1. The molecule has 0 amide bonds.